The quantitative estimate of drug-likeness (QED) is 0.624. The molecule has 0 aromatic carbocycles. The lowest BCUT2D eigenvalue weighted by molar-refractivity contribution is -0.126. The molecule has 0 spiro atoms. The molecular formula is C10H20ClN3O. The Morgan fingerprint density at radius 2 is 1.93 bits per heavy atom. The van der Waals surface area contributed by atoms with Crippen molar-refractivity contribution in [2.45, 2.75) is 25.3 Å². The van der Waals surface area contributed by atoms with Crippen molar-refractivity contribution in [3.8, 4) is 0 Å². The second-order valence-corrected chi connectivity index (χ2v) is 4.24. The van der Waals surface area contributed by atoms with Crippen LogP contribution in [0.4, 0.5) is 0 Å². The minimum Gasteiger partial charge on any atom is -0.352 e. The van der Waals surface area contributed by atoms with Crippen molar-refractivity contribution in [3.63, 3.8) is 0 Å². The number of halogens is 1. The molecule has 4 nitrogen and oxygen atoms in total. The second-order valence-electron chi connectivity index (χ2n) is 4.24. The van der Waals surface area contributed by atoms with Crippen LogP contribution >= 0.6 is 12.4 Å². The van der Waals surface area contributed by atoms with Crippen molar-refractivity contribution in [2.24, 2.45) is 5.92 Å². The minimum absolute atomic E-state index is 0. The Morgan fingerprint density at radius 1 is 1.13 bits per heavy atom. The molecule has 88 valence electrons. The molecule has 0 bridgehead atoms. The highest BCUT2D eigenvalue weighted by molar-refractivity contribution is 5.85. The molecule has 0 radical (unpaired) electrons. The molecule has 5 heteroatoms. The Hall–Kier alpha value is -0.320. The highest BCUT2D eigenvalue weighted by Crippen LogP contribution is 2.10. The third kappa shape index (κ3) is 3.63. The predicted octanol–water partition coefficient (Wildman–Crippen LogP) is -0.114. The van der Waals surface area contributed by atoms with Gasteiger partial charge in [-0.3, -0.25) is 4.79 Å². The van der Waals surface area contributed by atoms with Crippen LogP contribution in [-0.4, -0.2) is 38.1 Å². The van der Waals surface area contributed by atoms with Crippen molar-refractivity contribution in [1.29, 1.82) is 0 Å². The first-order valence-corrected chi connectivity index (χ1v) is 5.58. The fourth-order valence-electron chi connectivity index (χ4n) is 2.17. The molecule has 2 saturated heterocycles. The first-order valence-electron chi connectivity index (χ1n) is 5.58. The van der Waals surface area contributed by atoms with E-state index in [0.29, 0.717) is 6.04 Å². The van der Waals surface area contributed by atoms with E-state index in [1.807, 2.05) is 0 Å². The van der Waals surface area contributed by atoms with E-state index < -0.39 is 0 Å². The smallest absolute Gasteiger partial charge is 0.224 e. The summed E-state index contributed by atoms with van der Waals surface area (Å²) in [7, 11) is 0. The van der Waals surface area contributed by atoms with E-state index in [4.69, 9.17) is 0 Å². The molecule has 0 aromatic heterocycles. The number of carbonyl (C=O) groups is 1. The van der Waals surface area contributed by atoms with Crippen LogP contribution in [0, 0.1) is 5.92 Å². The molecule has 2 aliphatic rings. The van der Waals surface area contributed by atoms with E-state index in [-0.39, 0.29) is 24.2 Å². The fourth-order valence-corrected chi connectivity index (χ4v) is 2.17. The lowest BCUT2D eigenvalue weighted by Gasteiger charge is -2.23. The fraction of sp³-hybridized carbons (Fsp3) is 0.900. The van der Waals surface area contributed by atoms with Crippen molar-refractivity contribution in [1.82, 2.24) is 16.0 Å². The maximum atomic E-state index is 11.8. The summed E-state index contributed by atoms with van der Waals surface area (Å²) in [5.41, 5.74) is 0. The van der Waals surface area contributed by atoms with Crippen LogP contribution < -0.4 is 16.0 Å². The highest BCUT2D eigenvalue weighted by Gasteiger charge is 2.24. The molecule has 2 fully saturated rings. The first kappa shape index (κ1) is 12.7. The Kier molecular flexibility index (Phi) is 5.36. The third-order valence-electron chi connectivity index (χ3n) is 3.07. The molecule has 0 aromatic rings. The van der Waals surface area contributed by atoms with Gasteiger partial charge >= 0.3 is 0 Å². The highest BCUT2D eigenvalue weighted by atomic mass is 35.5. The summed E-state index contributed by atoms with van der Waals surface area (Å²) in [6.45, 7) is 3.89. The monoisotopic (exact) mass is 233 g/mol. The third-order valence-corrected chi connectivity index (χ3v) is 3.07. The Bertz CT molecular complexity index is 201. The number of nitrogens with one attached hydrogen (secondary N) is 3. The molecule has 0 saturated carbocycles. The molecule has 2 unspecified atom stereocenters. The summed E-state index contributed by atoms with van der Waals surface area (Å²) >= 11 is 0. The van der Waals surface area contributed by atoms with Crippen LogP contribution in [0.1, 0.15) is 19.3 Å². The molecular weight excluding hydrogens is 214 g/mol. The van der Waals surface area contributed by atoms with Gasteiger partial charge in [-0.25, -0.2) is 0 Å². The number of amides is 1. The maximum absolute atomic E-state index is 11.8. The average molecular weight is 234 g/mol. The first-order chi connectivity index (χ1) is 6.86. The molecule has 0 aliphatic carbocycles. The predicted molar refractivity (Wildman–Crippen MR) is 62.3 cm³/mol. The lowest BCUT2D eigenvalue weighted by atomic mass is 9.98. The normalized spacial score (nSPS) is 30.7. The minimum atomic E-state index is 0. The van der Waals surface area contributed by atoms with Gasteiger partial charge in [0.15, 0.2) is 0 Å². The zero-order valence-corrected chi connectivity index (χ0v) is 9.74. The topological polar surface area (TPSA) is 53.2 Å². The molecule has 2 heterocycles. The lowest BCUT2D eigenvalue weighted by Crippen LogP contribution is -2.45. The van der Waals surface area contributed by atoms with Crippen molar-refractivity contribution < 1.29 is 4.79 Å². The van der Waals surface area contributed by atoms with Gasteiger partial charge in [-0.1, -0.05) is 0 Å². The SMILES string of the molecule is Cl.O=C(NC1CCNC1)C1CCCNC1. The van der Waals surface area contributed by atoms with Gasteiger partial charge in [-0.05, 0) is 32.4 Å². The average Bonchev–Trinajstić information content (AvgIpc) is 2.72. The zero-order chi connectivity index (χ0) is 9.80. The van der Waals surface area contributed by atoms with Gasteiger partial charge in [0.1, 0.15) is 0 Å². The molecule has 2 aliphatic heterocycles. The Balaban J connectivity index is 0.00000112. The van der Waals surface area contributed by atoms with Crippen molar-refractivity contribution in [2.75, 3.05) is 26.2 Å². The zero-order valence-electron chi connectivity index (χ0n) is 8.92. The van der Waals surface area contributed by atoms with E-state index in [0.717, 1.165) is 45.4 Å². The van der Waals surface area contributed by atoms with Crippen LogP contribution in [0.2, 0.25) is 0 Å². The van der Waals surface area contributed by atoms with E-state index in [2.05, 4.69) is 16.0 Å². The van der Waals surface area contributed by atoms with Crippen molar-refractivity contribution >= 4 is 18.3 Å². The second kappa shape index (κ2) is 6.30. The van der Waals surface area contributed by atoms with Gasteiger partial charge in [0, 0.05) is 19.1 Å². The van der Waals surface area contributed by atoms with Crippen LogP contribution in [0.3, 0.4) is 0 Å². The standard InChI is InChI=1S/C10H19N3O.ClH/c14-10(8-2-1-4-11-6-8)13-9-3-5-12-7-9;/h8-9,11-12H,1-7H2,(H,13,14);1H. The molecule has 2 rings (SSSR count). The Morgan fingerprint density at radius 3 is 2.53 bits per heavy atom. The number of rotatable bonds is 2. The van der Waals surface area contributed by atoms with Crippen LogP contribution in [0.5, 0.6) is 0 Å². The van der Waals surface area contributed by atoms with E-state index >= 15 is 0 Å². The van der Waals surface area contributed by atoms with Gasteiger partial charge in [0.25, 0.3) is 0 Å². The van der Waals surface area contributed by atoms with Gasteiger partial charge in [-0.2, -0.15) is 0 Å². The molecule has 3 N–H and O–H groups in total. The summed E-state index contributed by atoms with van der Waals surface area (Å²) < 4.78 is 0. The van der Waals surface area contributed by atoms with Crippen LogP contribution in [-0.2, 0) is 4.79 Å². The maximum Gasteiger partial charge on any atom is 0.224 e. The summed E-state index contributed by atoms with van der Waals surface area (Å²) in [5, 5.41) is 9.62. The van der Waals surface area contributed by atoms with Gasteiger partial charge < -0.3 is 16.0 Å². The number of piperidine rings is 1. The summed E-state index contributed by atoms with van der Waals surface area (Å²) in [6, 6.07) is 0.365. The number of hydrogen-bond donors (Lipinski definition) is 3. The van der Waals surface area contributed by atoms with Gasteiger partial charge in [0.05, 0.1) is 5.92 Å². The molecule has 2 atom stereocenters. The number of hydrogen-bond acceptors (Lipinski definition) is 3. The van der Waals surface area contributed by atoms with Crippen LogP contribution in [0.25, 0.3) is 0 Å². The molecule has 15 heavy (non-hydrogen) atoms. The van der Waals surface area contributed by atoms with Crippen LogP contribution in [0.15, 0.2) is 0 Å². The van der Waals surface area contributed by atoms with E-state index in [1.165, 1.54) is 0 Å². The summed E-state index contributed by atoms with van der Waals surface area (Å²) in [4.78, 5) is 11.8. The Labute approximate surface area is 97.0 Å². The van der Waals surface area contributed by atoms with E-state index in [9.17, 15) is 4.79 Å². The van der Waals surface area contributed by atoms with E-state index in [1.54, 1.807) is 0 Å². The summed E-state index contributed by atoms with van der Waals surface area (Å²) in [6.07, 6.45) is 3.24. The van der Waals surface area contributed by atoms with Gasteiger partial charge in [0.2, 0.25) is 5.91 Å². The van der Waals surface area contributed by atoms with Crippen molar-refractivity contribution in [3.05, 3.63) is 0 Å². The number of carbonyl (C=O) groups excluding carboxylic acids is 1. The molecule has 1 amide bonds. The largest absolute Gasteiger partial charge is 0.352 e. The summed E-state index contributed by atoms with van der Waals surface area (Å²) in [5.74, 6) is 0.440. The van der Waals surface area contributed by atoms with Gasteiger partial charge in [-0.15, -0.1) is 12.4 Å².